The molecule has 0 saturated heterocycles. The van der Waals surface area contributed by atoms with E-state index < -0.39 is 0 Å². The van der Waals surface area contributed by atoms with Crippen molar-refractivity contribution in [3.8, 4) is 0 Å². The number of allylic oxidation sites excluding steroid dienone is 2. The van der Waals surface area contributed by atoms with Crippen molar-refractivity contribution in [2.24, 2.45) is 17.0 Å². The van der Waals surface area contributed by atoms with Crippen molar-refractivity contribution >= 4 is 5.71 Å². The van der Waals surface area contributed by atoms with E-state index in [9.17, 15) is 0 Å². The second-order valence-electron chi connectivity index (χ2n) is 3.72. The molecule has 0 aliphatic heterocycles. The summed E-state index contributed by atoms with van der Waals surface area (Å²) in [5, 5.41) is 11.9. The van der Waals surface area contributed by atoms with Crippen LogP contribution in [0.15, 0.2) is 16.8 Å². The third kappa shape index (κ3) is 3.56. The van der Waals surface area contributed by atoms with Crippen LogP contribution in [0.4, 0.5) is 0 Å². The number of hydrogen-bond acceptors (Lipinski definition) is 2. The molecule has 0 unspecified atom stereocenters. The lowest BCUT2D eigenvalue weighted by Crippen LogP contribution is -2.05. The van der Waals surface area contributed by atoms with E-state index in [1.54, 1.807) is 0 Å². The van der Waals surface area contributed by atoms with Crippen molar-refractivity contribution in [1.82, 2.24) is 0 Å². The fourth-order valence-corrected chi connectivity index (χ4v) is 0.711. The normalized spacial score (nSPS) is 14.6. The van der Waals surface area contributed by atoms with Crippen LogP contribution in [0.25, 0.3) is 0 Å². The molecule has 0 amide bonds. The molecule has 0 atom stereocenters. The lowest BCUT2D eigenvalue weighted by molar-refractivity contribution is 0.316. The Morgan fingerprint density at radius 3 is 1.92 bits per heavy atom. The van der Waals surface area contributed by atoms with E-state index in [1.807, 2.05) is 19.9 Å². The molecular weight excluding hydrogens is 150 g/mol. The van der Waals surface area contributed by atoms with Crippen molar-refractivity contribution in [2.45, 2.75) is 34.6 Å². The van der Waals surface area contributed by atoms with Crippen LogP contribution < -0.4 is 0 Å². The van der Waals surface area contributed by atoms with Gasteiger partial charge in [0.2, 0.25) is 0 Å². The molecule has 0 saturated carbocycles. The van der Waals surface area contributed by atoms with E-state index in [2.05, 4.69) is 25.9 Å². The quantitative estimate of drug-likeness (QED) is 0.393. The predicted molar refractivity (Wildman–Crippen MR) is 52.7 cm³/mol. The van der Waals surface area contributed by atoms with Crippen molar-refractivity contribution in [3.63, 3.8) is 0 Å². The second kappa shape index (κ2) is 4.96. The Morgan fingerprint density at radius 2 is 1.67 bits per heavy atom. The maximum Gasteiger partial charge on any atom is 0.0820 e. The predicted octanol–water partition coefficient (Wildman–Crippen LogP) is 3.07. The molecule has 0 aromatic heterocycles. The number of oxime groups is 1. The van der Waals surface area contributed by atoms with E-state index in [0.717, 1.165) is 5.71 Å². The van der Waals surface area contributed by atoms with Crippen LogP contribution in [-0.2, 0) is 0 Å². The second-order valence-corrected chi connectivity index (χ2v) is 3.72. The van der Waals surface area contributed by atoms with Gasteiger partial charge >= 0.3 is 0 Å². The Hall–Kier alpha value is -0.790. The summed E-state index contributed by atoms with van der Waals surface area (Å²) in [7, 11) is 0. The SMILES string of the molecule is C/C(=C\C(=N/O)C(C)C)C(C)C. The van der Waals surface area contributed by atoms with E-state index in [-0.39, 0.29) is 5.92 Å². The first kappa shape index (κ1) is 11.2. The van der Waals surface area contributed by atoms with Gasteiger partial charge in [-0.05, 0) is 24.8 Å². The maximum absolute atomic E-state index is 8.67. The van der Waals surface area contributed by atoms with Gasteiger partial charge in [-0.1, -0.05) is 38.4 Å². The van der Waals surface area contributed by atoms with Crippen LogP contribution in [0.2, 0.25) is 0 Å². The van der Waals surface area contributed by atoms with Gasteiger partial charge in [-0.25, -0.2) is 0 Å². The molecule has 0 aliphatic carbocycles. The minimum atomic E-state index is 0.281. The summed E-state index contributed by atoms with van der Waals surface area (Å²) in [6.07, 6.45) is 1.95. The van der Waals surface area contributed by atoms with Crippen LogP contribution in [0.1, 0.15) is 34.6 Å². The van der Waals surface area contributed by atoms with Crippen LogP contribution in [-0.4, -0.2) is 10.9 Å². The molecule has 0 bridgehead atoms. The molecule has 1 N–H and O–H groups in total. The maximum atomic E-state index is 8.67. The third-order valence-electron chi connectivity index (χ3n) is 1.99. The molecule has 0 heterocycles. The molecule has 0 aromatic carbocycles. The summed E-state index contributed by atoms with van der Waals surface area (Å²) >= 11 is 0. The molecule has 0 radical (unpaired) electrons. The average Bonchev–Trinajstić information content (AvgIpc) is 1.98. The fraction of sp³-hybridized carbons (Fsp3) is 0.700. The number of rotatable bonds is 3. The minimum Gasteiger partial charge on any atom is -0.411 e. The molecular formula is C10H19NO. The standard InChI is InChI=1S/C10H19NO/c1-7(2)9(5)6-10(11-12)8(3)4/h6-8,12H,1-5H3/b9-6+,11-10+. The first-order valence-corrected chi connectivity index (χ1v) is 4.39. The van der Waals surface area contributed by atoms with E-state index in [1.165, 1.54) is 5.57 Å². The van der Waals surface area contributed by atoms with Gasteiger partial charge in [0.25, 0.3) is 0 Å². The fourth-order valence-electron chi connectivity index (χ4n) is 0.711. The zero-order valence-electron chi connectivity index (χ0n) is 8.63. The Labute approximate surface area is 75.0 Å². The zero-order valence-corrected chi connectivity index (χ0v) is 8.63. The summed E-state index contributed by atoms with van der Waals surface area (Å²) in [6, 6.07) is 0. The Bertz CT molecular complexity index is 190. The molecule has 0 rings (SSSR count). The summed E-state index contributed by atoms with van der Waals surface area (Å²) in [5.74, 6) is 0.796. The first-order valence-electron chi connectivity index (χ1n) is 4.39. The molecule has 0 aromatic rings. The monoisotopic (exact) mass is 169 g/mol. The van der Waals surface area contributed by atoms with Gasteiger partial charge in [-0.15, -0.1) is 0 Å². The van der Waals surface area contributed by atoms with Gasteiger partial charge in [0.05, 0.1) is 5.71 Å². The van der Waals surface area contributed by atoms with E-state index in [4.69, 9.17) is 5.21 Å². The molecule has 2 heteroatoms. The summed E-state index contributed by atoms with van der Waals surface area (Å²) in [4.78, 5) is 0. The summed E-state index contributed by atoms with van der Waals surface area (Å²) in [6.45, 7) is 10.3. The molecule has 12 heavy (non-hydrogen) atoms. The first-order chi connectivity index (χ1) is 5.49. The Kier molecular flexibility index (Phi) is 4.64. The lowest BCUT2D eigenvalue weighted by Gasteiger charge is -2.07. The highest BCUT2D eigenvalue weighted by Crippen LogP contribution is 2.10. The smallest absolute Gasteiger partial charge is 0.0820 e. The van der Waals surface area contributed by atoms with Gasteiger partial charge in [0, 0.05) is 0 Å². The van der Waals surface area contributed by atoms with E-state index in [0.29, 0.717) is 5.92 Å². The Morgan fingerprint density at radius 1 is 1.17 bits per heavy atom. The highest BCUT2D eigenvalue weighted by molar-refractivity contribution is 5.96. The lowest BCUT2D eigenvalue weighted by atomic mass is 10.00. The summed E-state index contributed by atoms with van der Waals surface area (Å²) < 4.78 is 0. The molecule has 70 valence electrons. The van der Waals surface area contributed by atoms with Crippen molar-refractivity contribution in [3.05, 3.63) is 11.6 Å². The van der Waals surface area contributed by atoms with Crippen molar-refractivity contribution < 1.29 is 5.21 Å². The van der Waals surface area contributed by atoms with Crippen molar-refractivity contribution in [1.29, 1.82) is 0 Å². The topological polar surface area (TPSA) is 32.6 Å². The van der Waals surface area contributed by atoms with E-state index >= 15 is 0 Å². The van der Waals surface area contributed by atoms with Gasteiger partial charge in [0.15, 0.2) is 0 Å². The minimum absolute atomic E-state index is 0.281. The third-order valence-corrected chi connectivity index (χ3v) is 1.99. The number of hydrogen-bond donors (Lipinski definition) is 1. The highest BCUT2D eigenvalue weighted by atomic mass is 16.4. The number of nitrogens with zero attached hydrogens (tertiary/aromatic N) is 1. The highest BCUT2D eigenvalue weighted by Gasteiger charge is 2.04. The Balaban J connectivity index is 4.49. The molecule has 0 aliphatic rings. The van der Waals surface area contributed by atoms with Gasteiger partial charge in [-0.3, -0.25) is 0 Å². The van der Waals surface area contributed by atoms with Crippen LogP contribution in [0, 0.1) is 11.8 Å². The van der Waals surface area contributed by atoms with Crippen molar-refractivity contribution in [2.75, 3.05) is 0 Å². The molecule has 2 nitrogen and oxygen atoms in total. The van der Waals surface area contributed by atoms with Crippen LogP contribution in [0.3, 0.4) is 0 Å². The zero-order chi connectivity index (χ0) is 9.72. The largest absolute Gasteiger partial charge is 0.411 e. The molecule has 0 spiro atoms. The van der Waals surface area contributed by atoms with Crippen LogP contribution >= 0.6 is 0 Å². The summed E-state index contributed by atoms with van der Waals surface area (Å²) in [5.41, 5.74) is 2.00. The van der Waals surface area contributed by atoms with Gasteiger partial charge in [-0.2, -0.15) is 0 Å². The van der Waals surface area contributed by atoms with Crippen LogP contribution in [0.5, 0.6) is 0 Å². The van der Waals surface area contributed by atoms with Gasteiger partial charge in [0.1, 0.15) is 0 Å². The molecule has 0 fully saturated rings. The average molecular weight is 169 g/mol. The van der Waals surface area contributed by atoms with Gasteiger partial charge < -0.3 is 5.21 Å².